The SMILES string of the molecule is O=C(O)[C@@H]1CSCN1C(=O)c1cccnc1SSc1ncccc1C(=O)N1CSC[C@H]1C(=O)O. The number of hydrogen-bond acceptors (Lipinski definition) is 10. The molecular weight excluding hydrogens is 521 g/mol. The molecule has 2 amide bonds. The highest BCUT2D eigenvalue weighted by Gasteiger charge is 2.37. The summed E-state index contributed by atoms with van der Waals surface area (Å²) in [7, 11) is 2.25. The second kappa shape index (κ2) is 10.9. The Hall–Kier alpha value is -2.42. The Morgan fingerprint density at radius 2 is 1.21 bits per heavy atom. The molecule has 2 saturated heterocycles. The maximum absolute atomic E-state index is 13.1. The summed E-state index contributed by atoms with van der Waals surface area (Å²) in [6.45, 7) is 0. The first-order valence-corrected chi connectivity index (χ1v) is 14.3. The number of carboxylic acids is 2. The van der Waals surface area contributed by atoms with Crippen LogP contribution in [0.1, 0.15) is 20.7 Å². The van der Waals surface area contributed by atoms with Crippen molar-refractivity contribution in [1.29, 1.82) is 0 Å². The number of carbonyl (C=O) groups excluding carboxylic acids is 2. The Kier molecular flexibility index (Phi) is 7.91. The summed E-state index contributed by atoms with van der Waals surface area (Å²) < 4.78 is 0. The summed E-state index contributed by atoms with van der Waals surface area (Å²) >= 11 is 2.75. The number of hydrogen-bond donors (Lipinski definition) is 2. The van der Waals surface area contributed by atoms with Crippen molar-refractivity contribution in [2.24, 2.45) is 0 Å². The van der Waals surface area contributed by atoms with E-state index in [4.69, 9.17) is 0 Å². The van der Waals surface area contributed by atoms with Gasteiger partial charge < -0.3 is 20.0 Å². The zero-order valence-corrected chi connectivity index (χ0v) is 20.7. The summed E-state index contributed by atoms with van der Waals surface area (Å²) in [5.41, 5.74) is 0.527. The zero-order chi connectivity index (χ0) is 24.2. The van der Waals surface area contributed by atoms with Gasteiger partial charge in [0.2, 0.25) is 0 Å². The molecule has 0 spiro atoms. The minimum atomic E-state index is -1.05. The van der Waals surface area contributed by atoms with E-state index in [9.17, 15) is 29.4 Å². The van der Waals surface area contributed by atoms with E-state index in [0.29, 0.717) is 21.6 Å². The molecule has 4 rings (SSSR count). The maximum atomic E-state index is 13.1. The van der Waals surface area contributed by atoms with Gasteiger partial charge in [-0.1, -0.05) is 0 Å². The molecule has 2 N–H and O–H groups in total. The van der Waals surface area contributed by atoms with E-state index < -0.39 is 35.8 Å². The molecular formula is C20H18N4O6S4. The number of thioether (sulfide) groups is 2. The van der Waals surface area contributed by atoms with E-state index in [1.807, 2.05) is 0 Å². The van der Waals surface area contributed by atoms with Gasteiger partial charge in [-0.25, -0.2) is 19.6 Å². The lowest BCUT2D eigenvalue weighted by Crippen LogP contribution is -2.42. The minimum Gasteiger partial charge on any atom is -0.480 e. The van der Waals surface area contributed by atoms with Crippen LogP contribution >= 0.6 is 45.1 Å². The second-order valence-corrected chi connectivity index (χ2v) is 11.2. The van der Waals surface area contributed by atoms with Crippen molar-refractivity contribution in [3.05, 3.63) is 47.8 Å². The van der Waals surface area contributed by atoms with Crippen LogP contribution in [0, 0.1) is 0 Å². The minimum absolute atomic E-state index is 0.263. The lowest BCUT2D eigenvalue weighted by atomic mass is 10.2. The normalized spacial score (nSPS) is 19.9. The molecule has 0 aromatic carbocycles. The summed E-state index contributed by atoms with van der Waals surface area (Å²) in [6, 6.07) is 4.58. The number of aliphatic carboxylic acids is 2. The van der Waals surface area contributed by atoms with Crippen LogP contribution in [0.5, 0.6) is 0 Å². The third kappa shape index (κ3) is 5.14. The highest BCUT2D eigenvalue weighted by Crippen LogP contribution is 2.40. The van der Waals surface area contributed by atoms with Crippen molar-refractivity contribution < 1.29 is 29.4 Å². The molecule has 0 bridgehead atoms. The number of carboxylic acid groups (broad SMARTS) is 2. The fourth-order valence-electron chi connectivity index (χ4n) is 3.32. The molecule has 4 heterocycles. The number of nitrogens with zero attached hydrogens (tertiary/aromatic N) is 4. The van der Waals surface area contributed by atoms with Crippen molar-refractivity contribution in [2.75, 3.05) is 23.3 Å². The molecule has 2 aromatic rings. The predicted molar refractivity (Wildman–Crippen MR) is 130 cm³/mol. The van der Waals surface area contributed by atoms with Crippen LogP contribution < -0.4 is 0 Å². The van der Waals surface area contributed by atoms with Gasteiger partial charge in [0, 0.05) is 23.9 Å². The Labute approximate surface area is 210 Å². The molecule has 0 aliphatic carbocycles. The molecule has 10 nitrogen and oxygen atoms in total. The smallest absolute Gasteiger partial charge is 0.327 e. The van der Waals surface area contributed by atoms with Crippen LogP contribution in [0.2, 0.25) is 0 Å². The van der Waals surface area contributed by atoms with Crippen LogP contribution in [0.25, 0.3) is 0 Å². The molecule has 0 radical (unpaired) electrons. The molecule has 14 heteroatoms. The van der Waals surface area contributed by atoms with Gasteiger partial charge >= 0.3 is 11.9 Å². The summed E-state index contributed by atoms with van der Waals surface area (Å²) in [6.07, 6.45) is 3.05. The molecule has 2 aliphatic rings. The van der Waals surface area contributed by atoms with Crippen LogP contribution in [-0.4, -0.2) is 89.1 Å². The van der Waals surface area contributed by atoms with Crippen molar-refractivity contribution in [2.45, 2.75) is 22.1 Å². The van der Waals surface area contributed by atoms with E-state index in [0.717, 1.165) is 21.6 Å². The first-order chi connectivity index (χ1) is 16.4. The van der Waals surface area contributed by atoms with Gasteiger partial charge in [-0.05, 0) is 45.9 Å². The number of rotatable bonds is 7. The Morgan fingerprint density at radius 1 is 0.794 bits per heavy atom. The Bertz CT molecular complexity index is 1050. The summed E-state index contributed by atoms with van der Waals surface area (Å²) in [4.78, 5) is 60.4. The Balaban J connectivity index is 1.54. The fraction of sp³-hybridized carbons (Fsp3) is 0.300. The van der Waals surface area contributed by atoms with E-state index in [2.05, 4.69) is 9.97 Å². The Morgan fingerprint density at radius 3 is 1.59 bits per heavy atom. The largest absolute Gasteiger partial charge is 0.480 e. The average molecular weight is 539 g/mol. The van der Waals surface area contributed by atoms with Crippen molar-refractivity contribution in [3.8, 4) is 0 Å². The van der Waals surface area contributed by atoms with Gasteiger partial charge in [-0.15, -0.1) is 23.5 Å². The number of carbonyl (C=O) groups is 4. The van der Waals surface area contributed by atoms with Gasteiger partial charge in [-0.3, -0.25) is 9.59 Å². The lowest BCUT2D eigenvalue weighted by Gasteiger charge is -2.22. The van der Waals surface area contributed by atoms with E-state index in [-0.39, 0.29) is 22.9 Å². The van der Waals surface area contributed by atoms with Crippen LogP contribution in [0.4, 0.5) is 0 Å². The molecule has 2 atom stereocenters. The van der Waals surface area contributed by atoms with Gasteiger partial charge in [0.05, 0.1) is 22.9 Å². The number of aromatic nitrogens is 2. The quantitative estimate of drug-likeness (QED) is 0.500. The maximum Gasteiger partial charge on any atom is 0.327 e. The molecule has 34 heavy (non-hydrogen) atoms. The van der Waals surface area contributed by atoms with Crippen LogP contribution in [-0.2, 0) is 9.59 Å². The molecule has 2 aromatic heterocycles. The molecule has 178 valence electrons. The van der Waals surface area contributed by atoms with E-state index in [1.165, 1.54) is 45.7 Å². The molecule has 2 aliphatic heterocycles. The van der Waals surface area contributed by atoms with Crippen LogP contribution in [0.3, 0.4) is 0 Å². The second-order valence-electron chi connectivity index (χ2n) is 7.14. The molecule has 0 saturated carbocycles. The van der Waals surface area contributed by atoms with Gasteiger partial charge in [0.1, 0.15) is 22.1 Å². The van der Waals surface area contributed by atoms with Gasteiger partial charge in [0.25, 0.3) is 11.8 Å². The third-order valence-corrected chi connectivity index (χ3v) is 9.33. The van der Waals surface area contributed by atoms with Gasteiger partial charge in [0.15, 0.2) is 0 Å². The standard InChI is InChI=1S/C20H18N4O6S4/c25-17(23-9-31-7-13(23)19(27)28)11-3-1-5-21-15(11)33-34-16-12(4-2-6-22-16)18(26)24-10-32-8-14(24)20(29)30/h1-6,13-14H,7-10H2,(H,27,28)(H,29,30)/t13-,14-/m0/s1. The lowest BCUT2D eigenvalue weighted by molar-refractivity contribution is -0.141. The van der Waals surface area contributed by atoms with E-state index >= 15 is 0 Å². The van der Waals surface area contributed by atoms with Crippen molar-refractivity contribution in [3.63, 3.8) is 0 Å². The van der Waals surface area contributed by atoms with Crippen molar-refractivity contribution >= 4 is 68.9 Å². The topological polar surface area (TPSA) is 141 Å². The third-order valence-electron chi connectivity index (χ3n) is 5.06. The predicted octanol–water partition coefficient (Wildman–Crippen LogP) is 2.48. The first kappa shape index (κ1) is 24.7. The van der Waals surface area contributed by atoms with Gasteiger partial charge in [-0.2, -0.15) is 0 Å². The van der Waals surface area contributed by atoms with Crippen LogP contribution in [0.15, 0.2) is 46.7 Å². The van der Waals surface area contributed by atoms with E-state index in [1.54, 1.807) is 24.3 Å². The number of amides is 2. The first-order valence-electron chi connectivity index (χ1n) is 9.86. The molecule has 2 fully saturated rings. The summed E-state index contributed by atoms with van der Waals surface area (Å²) in [5.74, 6) is -1.76. The highest BCUT2D eigenvalue weighted by molar-refractivity contribution is 8.76. The monoisotopic (exact) mass is 538 g/mol. The average Bonchev–Trinajstić information content (AvgIpc) is 3.52. The fourth-order valence-corrected chi connectivity index (χ4v) is 7.74. The highest BCUT2D eigenvalue weighted by atomic mass is 33.1. The summed E-state index contributed by atoms with van der Waals surface area (Å²) in [5, 5.41) is 19.6. The number of pyridine rings is 2. The van der Waals surface area contributed by atoms with Crippen molar-refractivity contribution in [1.82, 2.24) is 19.8 Å². The zero-order valence-electron chi connectivity index (χ0n) is 17.4. The molecule has 0 unspecified atom stereocenters.